The molecule has 10 heteroatoms. The second kappa shape index (κ2) is 12.4. The molecule has 3 aliphatic rings. The molecule has 0 aliphatic carbocycles. The van der Waals surface area contributed by atoms with Crippen molar-refractivity contribution >= 4 is 40.6 Å². The predicted octanol–water partition coefficient (Wildman–Crippen LogP) is 3.04. The van der Waals surface area contributed by atoms with E-state index in [1.807, 2.05) is 42.5 Å². The second-order valence-corrected chi connectivity index (χ2v) is 10.9. The number of benzene rings is 2. The van der Waals surface area contributed by atoms with E-state index in [2.05, 4.69) is 44.5 Å². The lowest BCUT2D eigenvalue weighted by atomic mass is 9.85. The van der Waals surface area contributed by atoms with Crippen molar-refractivity contribution in [2.75, 3.05) is 69.2 Å². The van der Waals surface area contributed by atoms with Gasteiger partial charge in [0.25, 0.3) is 0 Å². The molecule has 0 spiro atoms. The van der Waals surface area contributed by atoms with E-state index < -0.39 is 6.04 Å². The fourth-order valence-corrected chi connectivity index (χ4v) is 6.33. The minimum absolute atomic E-state index is 0. The van der Waals surface area contributed by atoms with Gasteiger partial charge < -0.3 is 25.3 Å². The van der Waals surface area contributed by atoms with E-state index in [1.54, 1.807) is 0 Å². The van der Waals surface area contributed by atoms with Gasteiger partial charge in [-0.3, -0.25) is 4.79 Å². The van der Waals surface area contributed by atoms with E-state index in [1.165, 1.54) is 0 Å². The van der Waals surface area contributed by atoms with Crippen molar-refractivity contribution in [3.63, 3.8) is 0 Å². The Hall–Kier alpha value is -3.73. The summed E-state index contributed by atoms with van der Waals surface area (Å²) < 4.78 is 0. The number of nitriles is 2. The van der Waals surface area contributed by atoms with E-state index in [0.29, 0.717) is 42.9 Å². The van der Waals surface area contributed by atoms with Gasteiger partial charge in [-0.25, -0.2) is 4.98 Å². The first-order valence-electron chi connectivity index (χ1n) is 14.1. The number of anilines is 2. The Bertz CT molecular complexity index is 1520. The number of hydrogen-bond donors (Lipinski definition) is 2. The summed E-state index contributed by atoms with van der Waals surface area (Å²) >= 11 is 0. The van der Waals surface area contributed by atoms with Crippen LogP contribution in [0.5, 0.6) is 0 Å². The number of piperazine rings is 2. The molecule has 2 atom stereocenters. The third kappa shape index (κ3) is 5.47. The number of Topliss-reactive ketones (excluding diaryl/α,β-unsaturated/α-hetero) is 1. The van der Waals surface area contributed by atoms with Crippen LogP contribution in [0.15, 0.2) is 42.5 Å². The van der Waals surface area contributed by atoms with Crippen LogP contribution >= 0.6 is 12.4 Å². The first kappa shape index (κ1) is 28.8. The lowest BCUT2D eigenvalue weighted by molar-refractivity contribution is 0.0941. The number of pyridine rings is 1. The highest BCUT2D eigenvalue weighted by Crippen LogP contribution is 2.39. The lowest BCUT2D eigenvalue weighted by Crippen LogP contribution is -2.52. The third-order valence-corrected chi connectivity index (χ3v) is 8.44. The number of nitrogens with zero attached hydrogens (tertiary/aromatic N) is 6. The van der Waals surface area contributed by atoms with Crippen molar-refractivity contribution < 1.29 is 4.79 Å². The monoisotopic (exact) mass is 570 g/mol. The lowest BCUT2D eigenvalue weighted by Gasteiger charge is -2.39. The molecule has 2 N–H and O–H groups in total. The van der Waals surface area contributed by atoms with Crippen molar-refractivity contribution in [1.29, 1.82) is 10.5 Å². The molecule has 4 heterocycles. The number of halogens is 1. The van der Waals surface area contributed by atoms with E-state index >= 15 is 0 Å². The molecule has 0 saturated carbocycles. The number of fused-ring (bicyclic) bond motifs is 2. The van der Waals surface area contributed by atoms with Gasteiger partial charge in [-0.15, -0.1) is 12.4 Å². The molecular formula is C31H35ClN8O. The molecule has 41 heavy (non-hydrogen) atoms. The van der Waals surface area contributed by atoms with Crippen LogP contribution in [0.25, 0.3) is 10.8 Å². The molecule has 0 amide bonds. The molecule has 0 radical (unpaired) electrons. The molecule has 2 unspecified atom stereocenters. The summed E-state index contributed by atoms with van der Waals surface area (Å²) in [5, 5.41) is 28.8. The van der Waals surface area contributed by atoms with Gasteiger partial charge in [-0.2, -0.15) is 10.5 Å². The van der Waals surface area contributed by atoms with Crippen LogP contribution in [0.4, 0.5) is 11.6 Å². The van der Waals surface area contributed by atoms with Crippen molar-refractivity contribution in [3.8, 4) is 12.1 Å². The molecular weight excluding hydrogens is 536 g/mol. The molecule has 3 aromatic rings. The average molecular weight is 571 g/mol. The molecule has 2 aromatic carbocycles. The Kier molecular flexibility index (Phi) is 8.72. The number of ketones is 1. The molecule has 3 aliphatic heterocycles. The quantitative estimate of drug-likeness (QED) is 0.447. The zero-order chi connectivity index (χ0) is 27.6. The first-order valence-corrected chi connectivity index (χ1v) is 14.1. The molecule has 9 nitrogen and oxygen atoms in total. The summed E-state index contributed by atoms with van der Waals surface area (Å²) in [5.41, 5.74) is 2.89. The van der Waals surface area contributed by atoms with E-state index in [0.717, 1.165) is 67.0 Å². The van der Waals surface area contributed by atoms with Gasteiger partial charge in [0.15, 0.2) is 5.78 Å². The topological polar surface area (TPSA) is 111 Å². The van der Waals surface area contributed by atoms with Crippen LogP contribution in [-0.4, -0.2) is 81.1 Å². The molecule has 212 valence electrons. The Morgan fingerprint density at radius 3 is 2.54 bits per heavy atom. The van der Waals surface area contributed by atoms with Crippen LogP contribution in [0, 0.1) is 22.7 Å². The Labute approximate surface area is 247 Å². The number of aromatic nitrogens is 1. The number of carbonyl (C=O) groups excluding carboxylic acids is 1. The fourth-order valence-electron chi connectivity index (χ4n) is 6.33. The van der Waals surface area contributed by atoms with E-state index in [9.17, 15) is 15.3 Å². The summed E-state index contributed by atoms with van der Waals surface area (Å²) in [6, 6.07) is 17.9. The van der Waals surface area contributed by atoms with Crippen molar-refractivity contribution in [2.45, 2.75) is 24.9 Å². The maximum atomic E-state index is 14.3. The SMILES string of the molecule is CN1CCN(c2nc(N3CCNC(CC#N)C3)c3c(c2C#N)C(C(=O)c2cccc4ccccc24)NCC3)CC1.Cl. The summed E-state index contributed by atoms with van der Waals surface area (Å²) in [7, 11) is 2.10. The Balaban J connectivity index is 0.00000337. The Morgan fingerprint density at radius 2 is 1.76 bits per heavy atom. The van der Waals surface area contributed by atoms with Gasteiger partial charge in [0.1, 0.15) is 23.3 Å². The number of nitrogens with one attached hydrogen (secondary N) is 2. The van der Waals surface area contributed by atoms with E-state index in [-0.39, 0.29) is 24.2 Å². The molecule has 2 saturated heterocycles. The van der Waals surface area contributed by atoms with Crippen LogP contribution in [0.3, 0.4) is 0 Å². The average Bonchev–Trinajstić information content (AvgIpc) is 3.00. The zero-order valence-corrected chi connectivity index (χ0v) is 24.1. The number of carbonyl (C=O) groups is 1. The van der Waals surface area contributed by atoms with Crippen LogP contribution in [-0.2, 0) is 6.42 Å². The molecule has 2 fully saturated rings. The van der Waals surface area contributed by atoms with Crippen LogP contribution in [0.1, 0.15) is 39.5 Å². The molecule has 0 bridgehead atoms. The van der Waals surface area contributed by atoms with Gasteiger partial charge in [-0.1, -0.05) is 42.5 Å². The minimum Gasteiger partial charge on any atom is -0.353 e. The van der Waals surface area contributed by atoms with E-state index in [4.69, 9.17) is 4.98 Å². The van der Waals surface area contributed by atoms with Gasteiger partial charge in [-0.05, 0) is 24.2 Å². The molecule has 6 rings (SSSR count). The summed E-state index contributed by atoms with van der Waals surface area (Å²) in [5.74, 6) is 1.49. The number of rotatable bonds is 5. The smallest absolute Gasteiger partial charge is 0.184 e. The highest BCUT2D eigenvalue weighted by Gasteiger charge is 2.37. The standard InChI is InChI=1S/C31H34N8O.ClH/c1-37-15-17-38(18-16-37)31-26(19-33)27-25(30(36-31)39-14-13-34-22(20-39)9-11-32)10-12-35-28(27)29(40)24-8-4-6-21-5-2-3-7-23(21)24;/h2-8,22,28,34-35H,9-10,12-18,20H2,1H3;1H. The van der Waals surface area contributed by atoms with Gasteiger partial charge in [0, 0.05) is 75.1 Å². The highest BCUT2D eigenvalue weighted by molar-refractivity contribution is 6.11. The van der Waals surface area contributed by atoms with Crippen molar-refractivity contribution in [1.82, 2.24) is 20.5 Å². The van der Waals surface area contributed by atoms with Gasteiger partial charge >= 0.3 is 0 Å². The van der Waals surface area contributed by atoms with Crippen molar-refractivity contribution in [3.05, 3.63) is 64.7 Å². The summed E-state index contributed by atoms with van der Waals surface area (Å²) in [6.45, 7) is 6.09. The maximum Gasteiger partial charge on any atom is 0.184 e. The summed E-state index contributed by atoms with van der Waals surface area (Å²) in [4.78, 5) is 26.3. The normalized spacial score (nSPS) is 21.0. The predicted molar refractivity (Wildman–Crippen MR) is 163 cm³/mol. The first-order chi connectivity index (χ1) is 19.6. The number of likely N-dealkylation sites (N-methyl/N-ethyl adjacent to an activating group) is 1. The van der Waals surface area contributed by atoms with Crippen molar-refractivity contribution in [2.24, 2.45) is 0 Å². The second-order valence-electron chi connectivity index (χ2n) is 10.9. The highest BCUT2D eigenvalue weighted by atomic mass is 35.5. The molecule has 1 aromatic heterocycles. The maximum absolute atomic E-state index is 14.3. The van der Waals surface area contributed by atoms with Crippen LogP contribution < -0.4 is 20.4 Å². The number of hydrogen-bond acceptors (Lipinski definition) is 9. The minimum atomic E-state index is -0.644. The fraction of sp³-hybridized carbons (Fsp3) is 0.419. The largest absolute Gasteiger partial charge is 0.353 e. The third-order valence-electron chi connectivity index (χ3n) is 8.44. The summed E-state index contributed by atoms with van der Waals surface area (Å²) in [6.07, 6.45) is 1.10. The van der Waals surface area contributed by atoms with Gasteiger partial charge in [0.2, 0.25) is 0 Å². The van der Waals surface area contributed by atoms with Crippen LogP contribution in [0.2, 0.25) is 0 Å². The Morgan fingerprint density at radius 1 is 0.976 bits per heavy atom. The zero-order valence-electron chi connectivity index (χ0n) is 23.3. The van der Waals surface area contributed by atoms with Gasteiger partial charge in [0.05, 0.1) is 18.5 Å².